The lowest BCUT2D eigenvalue weighted by Gasteiger charge is -2.03. The maximum atomic E-state index is 10.5. The Hall–Kier alpha value is -2.01. The molecule has 0 saturated heterocycles. The standard InChI is InChI=1S/C17H16I.C2HF3O2/c1-13-11-15(3)16(12-14(13)2)9-10-18-17-7-5-4-6-8-17;3-2(4,5)1(6)7/h4-8,11-12H,1-3H3;(H,6,7)/q+1;/p-1. The van der Waals surface area contributed by atoms with Crippen LogP contribution in [0.4, 0.5) is 13.2 Å². The minimum atomic E-state index is -5.19. The fourth-order valence-electron chi connectivity index (χ4n) is 1.70. The van der Waals surface area contributed by atoms with Gasteiger partial charge in [-0.05, 0) is 61.6 Å². The fourth-order valence-corrected chi connectivity index (χ4v) is 3.21. The van der Waals surface area contributed by atoms with Crippen LogP contribution in [-0.4, -0.2) is 12.1 Å². The SMILES string of the molecule is Cc1cc(C)c(C#C[I+]c2ccccc2)cc1C.O=C([O-])C(F)(F)F. The van der Waals surface area contributed by atoms with Gasteiger partial charge in [-0.3, -0.25) is 0 Å². The van der Waals surface area contributed by atoms with Gasteiger partial charge in [0, 0.05) is 5.56 Å². The Labute approximate surface area is 155 Å². The van der Waals surface area contributed by atoms with Gasteiger partial charge >= 0.3 is 27.4 Å². The van der Waals surface area contributed by atoms with Crippen LogP contribution in [0.3, 0.4) is 0 Å². The molecule has 132 valence electrons. The zero-order valence-electron chi connectivity index (χ0n) is 13.9. The molecule has 0 saturated carbocycles. The first-order valence-corrected chi connectivity index (χ1v) is 9.33. The molecular weight excluding hydrogens is 444 g/mol. The van der Waals surface area contributed by atoms with Gasteiger partial charge in [-0.25, -0.2) is 0 Å². The largest absolute Gasteiger partial charge is 0.542 e. The van der Waals surface area contributed by atoms with Gasteiger partial charge in [-0.15, -0.1) is 0 Å². The van der Waals surface area contributed by atoms with Crippen LogP contribution in [0.25, 0.3) is 0 Å². The van der Waals surface area contributed by atoms with E-state index in [9.17, 15) is 13.2 Å². The van der Waals surface area contributed by atoms with Gasteiger partial charge < -0.3 is 9.90 Å². The molecule has 2 aromatic rings. The van der Waals surface area contributed by atoms with Gasteiger partial charge in [0.05, 0.1) is 0 Å². The van der Waals surface area contributed by atoms with Crippen LogP contribution in [0.2, 0.25) is 0 Å². The van der Waals surface area contributed by atoms with E-state index in [0.717, 1.165) is 0 Å². The number of aryl methyl sites for hydroxylation is 3. The third kappa shape index (κ3) is 7.61. The highest BCUT2D eigenvalue weighted by atomic mass is 127. The van der Waals surface area contributed by atoms with Crippen molar-refractivity contribution in [3.63, 3.8) is 0 Å². The molecule has 2 nitrogen and oxygen atoms in total. The Morgan fingerprint density at radius 1 is 1.00 bits per heavy atom. The predicted octanol–water partition coefficient (Wildman–Crippen LogP) is 0.178. The van der Waals surface area contributed by atoms with Gasteiger partial charge in [0.2, 0.25) is 3.57 Å². The van der Waals surface area contributed by atoms with Crippen molar-refractivity contribution in [3.8, 4) is 9.85 Å². The lowest BCUT2D eigenvalue weighted by molar-refractivity contribution is -0.535. The van der Waals surface area contributed by atoms with Gasteiger partial charge in [-0.2, -0.15) is 13.2 Å². The molecule has 6 heteroatoms. The zero-order chi connectivity index (χ0) is 19.0. The summed E-state index contributed by atoms with van der Waals surface area (Å²) in [7, 11) is 0. The number of hydrogen-bond acceptors (Lipinski definition) is 2. The topological polar surface area (TPSA) is 40.1 Å². The molecule has 25 heavy (non-hydrogen) atoms. The number of carboxylic acids is 1. The zero-order valence-corrected chi connectivity index (χ0v) is 16.0. The van der Waals surface area contributed by atoms with Gasteiger partial charge in [-0.1, -0.05) is 24.3 Å². The quantitative estimate of drug-likeness (QED) is 0.450. The van der Waals surface area contributed by atoms with E-state index < -0.39 is 12.1 Å². The molecule has 2 rings (SSSR count). The number of carbonyl (C=O) groups is 1. The van der Waals surface area contributed by atoms with Crippen LogP contribution in [0.1, 0.15) is 22.3 Å². The molecule has 0 fully saturated rings. The summed E-state index contributed by atoms with van der Waals surface area (Å²) in [4.78, 5) is 8.78. The number of aliphatic carboxylic acids is 1. The van der Waals surface area contributed by atoms with E-state index in [1.165, 1.54) is 25.8 Å². The van der Waals surface area contributed by atoms with Crippen molar-refractivity contribution in [1.29, 1.82) is 0 Å². The summed E-state index contributed by atoms with van der Waals surface area (Å²) >= 11 is -0.191. The molecule has 0 spiro atoms. The molecule has 0 heterocycles. The third-order valence-corrected chi connectivity index (χ3v) is 5.02. The molecule has 0 amide bonds. The van der Waals surface area contributed by atoms with E-state index in [2.05, 4.69) is 67.0 Å². The molecule has 0 atom stereocenters. The summed E-state index contributed by atoms with van der Waals surface area (Å²) in [6.45, 7) is 6.43. The average molecular weight is 460 g/mol. The van der Waals surface area contributed by atoms with E-state index >= 15 is 0 Å². The van der Waals surface area contributed by atoms with E-state index in [1.54, 1.807) is 0 Å². The second-order valence-corrected chi connectivity index (χ2v) is 7.47. The third-order valence-electron chi connectivity index (χ3n) is 3.14. The monoisotopic (exact) mass is 460 g/mol. The van der Waals surface area contributed by atoms with E-state index in [1.807, 2.05) is 6.07 Å². The van der Waals surface area contributed by atoms with Crippen molar-refractivity contribution in [2.75, 3.05) is 0 Å². The number of carbonyl (C=O) groups excluding carboxylic acids is 1. The Balaban J connectivity index is 0.000000381. The van der Waals surface area contributed by atoms with E-state index in [0.29, 0.717) is 0 Å². The number of rotatable bonds is 1. The Kier molecular flexibility index (Phi) is 7.97. The Bertz CT molecular complexity index is 788. The first-order valence-electron chi connectivity index (χ1n) is 7.17. The molecule has 0 unspecified atom stereocenters. The summed E-state index contributed by atoms with van der Waals surface area (Å²) < 4.78 is 36.3. The summed E-state index contributed by atoms with van der Waals surface area (Å²) in [5.41, 5.74) is 5.12. The lowest BCUT2D eigenvalue weighted by Crippen LogP contribution is -3.59. The molecular formula is C19H16F3IO2. The van der Waals surface area contributed by atoms with Crippen molar-refractivity contribution in [3.05, 3.63) is 68.3 Å². The molecule has 0 radical (unpaired) electrons. The van der Waals surface area contributed by atoms with Gasteiger partial charge in [0.15, 0.2) is 3.93 Å². The molecule has 0 aliphatic carbocycles. The highest BCUT2D eigenvalue weighted by molar-refractivity contribution is 5.70. The highest BCUT2D eigenvalue weighted by Crippen LogP contribution is 2.13. The second-order valence-electron chi connectivity index (χ2n) is 5.15. The molecule has 2 aromatic carbocycles. The van der Waals surface area contributed by atoms with Crippen molar-refractivity contribution >= 4 is 5.97 Å². The number of halogens is 4. The molecule has 0 aliphatic rings. The van der Waals surface area contributed by atoms with Crippen LogP contribution in [0.15, 0.2) is 42.5 Å². The molecule has 0 aliphatic heterocycles. The Morgan fingerprint density at radius 2 is 1.52 bits per heavy atom. The molecule has 0 N–H and O–H groups in total. The smallest absolute Gasteiger partial charge is 0.430 e. The van der Waals surface area contributed by atoms with Crippen molar-refractivity contribution < 1.29 is 44.3 Å². The maximum Gasteiger partial charge on any atom is 0.430 e. The second kappa shape index (κ2) is 9.47. The van der Waals surface area contributed by atoms with Crippen molar-refractivity contribution in [2.24, 2.45) is 0 Å². The first kappa shape index (κ1) is 21.0. The van der Waals surface area contributed by atoms with E-state index in [4.69, 9.17) is 9.90 Å². The van der Waals surface area contributed by atoms with Crippen molar-refractivity contribution in [1.82, 2.24) is 0 Å². The Morgan fingerprint density at radius 3 is 2.04 bits per heavy atom. The highest BCUT2D eigenvalue weighted by Gasteiger charge is 2.28. The fraction of sp³-hybridized carbons (Fsp3) is 0.211. The van der Waals surface area contributed by atoms with Crippen LogP contribution in [-0.2, 0) is 4.79 Å². The summed E-state index contributed by atoms with van der Waals surface area (Å²) in [6.07, 6.45) is -5.19. The van der Waals surface area contributed by atoms with E-state index in [-0.39, 0.29) is 21.2 Å². The predicted molar refractivity (Wildman–Crippen MR) is 83.7 cm³/mol. The van der Waals surface area contributed by atoms with Crippen molar-refractivity contribution in [2.45, 2.75) is 26.9 Å². The number of carboxylic acid groups (broad SMARTS) is 1. The molecule has 0 bridgehead atoms. The summed E-state index contributed by atoms with van der Waals surface area (Å²) in [6, 6.07) is 15.0. The summed E-state index contributed by atoms with van der Waals surface area (Å²) in [5.74, 6) is 0.321. The normalized spacial score (nSPS) is 10.2. The molecule has 0 aromatic heterocycles. The number of benzene rings is 2. The summed E-state index contributed by atoms with van der Waals surface area (Å²) in [5, 5.41) is 8.78. The average Bonchev–Trinajstić information content (AvgIpc) is 2.53. The van der Waals surface area contributed by atoms with Gasteiger partial charge in [0.1, 0.15) is 5.97 Å². The lowest BCUT2D eigenvalue weighted by atomic mass is 10.0. The van der Waals surface area contributed by atoms with Crippen LogP contribution in [0, 0.1) is 34.2 Å². The van der Waals surface area contributed by atoms with Crippen LogP contribution in [0.5, 0.6) is 0 Å². The van der Waals surface area contributed by atoms with Crippen LogP contribution < -0.4 is 26.3 Å². The van der Waals surface area contributed by atoms with Gasteiger partial charge in [0.25, 0.3) is 0 Å². The number of alkyl halides is 3. The minimum Gasteiger partial charge on any atom is -0.542 e. The van der Waals surface area contributed by atoms with Crippen LogP contribution >= 0.6 is 0 Å². The number of hydrogen-bond donors (Lipinski definition) is 0. The first-order chi connectivity index (χ1) is 11.6. The maximum absolute atomic E-state index is 10.5. The minimum absolute atomic E-state index is 0.191.